The first-order valence-electron chi connectivity index (χ1n) is 4.85. The second-order valence-electron chi connectivity index (χ2n) is 4.00. The van der Waals surface area contributed by atoms with E-state index < -0.39 is 10.7 Å². The number of ether oxygens (including phenoxy) is 2. The molecular weight excluding hydrogens is 228 g/mol. The molecule has 0 aliphatic heterocycles. The minimum Gasteiger partial charge on any atom is -0.497 e. The summed E-state index contributed by atoms with van der Waals surface area (Å²) in [5.74, 6) is 1.28. The van der Waals surface area contributed by atoms with Gasteiger partial charge in [-0.15, -0.1) is 0 Å². The first-order chi connectivity index (χ1) is 7.41. The maximum absolute atomic E-state index is 11.3. The fraction of sp³-hybridized carbons (Fsp3) is 0.417. The monoisotopic (exact) mass is 242 g/mol. The van der Waals surface area contributed by atoms with Crippen molar-refractivity contribution in [3.8, 4) is 11.5 Å². The third kappa shape index (κ3) is 2.47. The van der Waals surface area contributed by atoms with E-state index >= 15 is 0 Å². The van der Waals surface area contributed by atoms with Crippen molar-refractivity contribution in [2.45, 2.75) is 19.3 Å². The summed E-state index contributed by atoms with van der Waals surface area (Å²) < 4.78 is 10.3. The molecule has 0 amide bonds. The summed E-state index contributed by atoms with van der Waals surface area (Å²) in [7, 11) is 3.13. The summed E-state index contributed by atoms with van der Waals surface area (Å²) in [5, 5.41) is -0.414. The largest absolute Gasteiger partial charge is 0.497 e. The standard InChI is InChI=1S/C12H15ClO3/c1-12(2,11(13)14)8-5-9(15-3)7-10(6-8)16-4/h5-7H,1-4H3. The van der Waals surface area contributed by atoms with Gasteiger partial charge in [-0.2, -0.15) is 0 Å². The van der Waals surface area contributed by atoms with Crippen molar-refractivity contribution in [2.75, 3.05) is 14.2 Å². The second-order valence-corrected chi connectivity index (χ2v) is 4.34. The van der Waals surface area contributed by atoms with E-state index in [0.29, 0.717) is 11.5 Å². The lowest BCUT2D eigenvalue weighted by molar-refractivity contribution is -0.115. The van der Waals surface area contributed by atoms with Crippen molar-refractivity contribution >= 4 is 16.8 Å². The molecule has 1 rings (SSSR count). The summed E-state index contributed by atoms with van der Waals surface area (Å²) in [6.45, 7) is 3.52. The molecule has 0 aliphatic rings. The molecule has 0 fully saturated rings. The predicted octanol–water partition coefficient (Wildman–Crippen LogP) is 2.75. The van der Waals surface area contributed by atoms with Gasteiger partial charge >= 0.3 is 0 Å². The third-order valence-electron chi connectivity index (χ3n) is 2.56. The fourth-order valence-electron chi connectivity index (χ4n) is 1.28. The molecule has 0 radical (unpaired) electrons. The van der Waals surface area contributed by atoms with Crippen LogP contribution in [0.1, 0.15) is 19.4 Å². The molecular formula is C12H15ClO3. The van der Waals surface area contributed by atoms with E-state index in [-0.39, 0.29) is 0 Å². The molecule has 0 saturated carbocycles. The van der Waals surface area contributed by atoms with Gasteiger partial charge in [0.1, 0.15) is 11.5 Å². The molecule has 16 heavy (non-hydrogen) atoms. The van der Waals surface area contributed by atoms with Crippen molar-refractivity contribution in [2.24, 2.45) is 0 Å². The Morgan fingerprint density at radius 1 is 1.12 bits per heavy atom. The topological polar surface area (TPSA) is 35.5 Å². The van der Waals surface area contributed by atoms with Crippen LogP contribution in [-0.4, -0.2) is 19.5 Å². The fourth-order valence-corrected chi connectivity index (χ4v) is 1.39. The van der Waals surface area contributed by atoms with Gasteiger partial charge in [0.25, 0.3) is 0 Å². The lowest BCUT2D eigenvalue weighted by Gasteiger charge is -2.21. The molecule has 0 aromatic heterocycles. The average molecular weight is 243 g/mol. The highest BCUT2D eigenvalue weighted by Crippen LogP contribution is 2.32. The molecule has 1 aromatic carbocycles. The quantitative estimate of drug-likeness (QED) is 0.762. The number of carbonyl (C=O) groups excluding carboxylic acids is 1. The minimum atomic E-state index is -0.761. The normalized spacial score (nSPS) is 11.1. The highest BCUT2D eigenvalue weighted by Gasteiger charge is 2.29. The Hall–Kier alpha value is -1.22. The predicted molar refractivity (Wildman–Crippen MR) is 63.4 cm³/mol. The minimum absolute atomic E-state index is 0.414. The lowest BCUT2D eigenvalue weighted by Crippen LogP contribution is -2.24. The van der Waals surface area contributed by atoms with Crippen LogP contribution in [-0.2, 0) is 10.2 Å². The zero-order valence-electron chi connectivity index (χ0n) is 9.83. The van der Waals surface area contributed by atoms with Gasteiger partial charge in [0.2, 0.25) is 5.24 Å². The summed E-state index contributed by atoms with van der Waals surface area (Å²) >= 11 is 5.57. The average Bonchev–Trinajstić information content (AvgIpc) is 2.27. The van der Waals surface area contributed by atoms with Crippen LogP contribution in [0, 0.1) is 0 Å². The summed E-state index contributed by atoms with van der Waals surface area (Å²) in [6.07, 6.45) is 0. The van der Waals surface area contributed by atoms with Gasteiger partial charge in [-0.1, -0.05) is 0 Å². The first kappa shape index (κ1) is 12.8. The van der Waals surface area contributed by atoms with Gasteiger partial charge in [-0.05, 0) is 43.1 Å². The highest BCUT2D eigenvalue weighted by atomic mass is 35.5. The van der Waals surface area contributed by atoms with Gasteiger partial charge in [-0.25, -0.2) is 0 Å². The van der Waals surface area contributed by atoms with Crippen molar-refractivity contribution in [1.82, 2.24) is 0 Å². The Bertz CT molecular complexity index is 377. The van der Waals surface area contributed by atoms with Crippen LogP contribution in [0.5, 0.6) is 11.5 Å². The Balaban J connectivity index is 3.27. The molecule has 4 heteroatoms. The van der Waals surface area contributed by atoms with Crippen molar-refractivity contribution in [3.05, 3.63) is 23.8 Å². The summed E-state index contributed by atoms with van der Waals surface area (Å²) in [4.78, 5) is 11.3. The molecule has 0 atom stereocenters. The number of benzene rings is 1. The molecule has 1 aromatic rings. The first-order valence-corrected chi connectivity index (χ1v) is 5.23. The van der Waals surface area contributed by atoms with Crippen LogP contribution in [0.2, 0.25) is 0 Å². The molecule has 3 nitrogen and oxygen atoms in total. The zero-order chi connectivity index (χ0) is 12.3. The van der Waals surface area contributed by atoms with E-state index in [4.69, 9.17) is 21.1 Å². The number of methoxy groups -OCH3 is 2. The Morgan fingerprint density at radius 2 is 1.56 bits per heavy atom. The molecule has 88 valence electrons. The molecule has 0 unspecified atom stereocenters. The van der Waals surface area contributed by atoms with Crippen LogP contribution in [0.15, 0.2) is 18.2 Å². The number of halogens is 1. The van der Waals surface area contributed by atoms with E-state index in [0.717, 1.165) is 5.56 Å². The van der Waals surface area contributed by atoms with Gasteiger partial charge in [0, 0.05) is 6.07 Å². The molecule has 0 N–H and O–H groups in total. The molecule has 0 spiro atoms. The molecule has 0 bridgehead atoms. The SMILES string of the molecule is COc1cc(OC)cc(C(C)(C)C(=O)Cl)c1. The maximum Gasteiger partial charge on any atom is 0.231 e. The number of hydrogen-bond donors (Lipinski definition) is 0. The van der Waals surface area contributed by atoms with Crippen LogP contribution >= 0.6 is 11.6 Å². The Morgan fingerprint density at radius 3 is 1.88 bits per heavy atom. The van der Waals surface area contributed by atoms with Gasteiger partial charge in [0.15, 0.2) is 0 Å². The Labute approximate surface area is 100 Å². The maximum atomic E-state index is 11.3. The molecule has 0 aliphatic carbocycles. The second kappa shape index (κ2) is 4.74. The molecule has 0 heterocycles. The van der Waals surface area contributed by atoms with Crippen molar-refractivity contribution in [1.29, 1.82) is 0 Å². The van der Waals surface area contributed by atoms with E-state index in [1.54, 1.807) is 46.3 Å². The zero-order valence-corrected chi connectivity index (χ0v) is 10.6. The van der Waals surface area contributed by atoms with Crippen molar-refractivity contribution in [3.63, 3.8) is 0 Å². The van der Waals surface area contributed by atoms with Crippen molar-refractivity contribution < 1.29 is 14.3 Å². The van der Waals surface area contributed by atoms with Crippen LogP contribution in [0.25, 0.3) is 0 Å². The van der Waals surface area contributed by atoms with E-state index in [9.17, 15) is 4.79 Å². The summed E-state index contributed by atoms with van der Waals surface area (Å²) in [6, 6.07) is 5.31. The van der Waals surface area contributed by atoms with E-state index in [1.165, 1.54) is 0 Å². The smallest absolute Gasteiger partial charge is 0.231 e. The third-order valence-corrected chi connectivity index (χ3v) is 3.04. The summed E-state index contributed by atoms with van der Waals surface area (Å²) in [5.41, 5.74) is 0.00677. The highest BCUT2D eigenvalue weighted by molar-refractivity contribution is 6.65. The number of carbonyl (C=O) groups is 1. The van der Waals surface area contributed by atoms with Crippen LogP contribution < -0.4 is 9.47 Å². The van der Waals surface area contributed by atoms with Gasteiger partial charge in [0.05, 0.1) is 19.6 Å². The van der Waals surface area contributed by atoms with E-state index in [1.807, 2.05) is 0 Å². The lowest BCUT2D eigenvalue weighted by atomic mass is 9.86. The number of hydrogen-bond acceptors (Lipinski definition) is 3. The van der Waals surface area contributed by atoms with Gasteiger partial charge in [-0.3, -0.25) is 4.79 Å². The van der Waals surface area contributed by atoms with Gasteiger partial charge < -0.3 is 9.47 Å². The Kier molecular flexibility index (Phi) is 3.81. The number of rotatable bonds is 4. The van der Waals surface area contributed by atoms with E-state index in [2.05, 4.69) is 0 Å². The molecule has 0 saturated heterocycles. The van der Waals surface area contributed by atoms with Crippen LogP contribution in [0.3, 0.4) is 0 Å². The van der Waals surface area contributed by atoms with Crippen LogP contribution in [0.4, 0.5) is 0 Å².